The van der Waals surface area contributed by atoms with Gasteiger partial charge < -0.3 is 14.7 Å². The Morgan fingerprint density at radius 2 is 2.04 bits per heavy atom. The summed E-state index contributed by atoms with van der Waals surface area (Å²) in [6.07, 6.45) is 0.403. The van der Waals surface area contributed by atoms with Crippen molar-refractivity contribution in [3.63, 3.8) is 0 Å². The van der Waals surface area contributed by atoms with Crippen LogP contribution in [0, 0.1) is 12.7 Å². The van der Waals surface area contributed by atoms with Gasteiger partial charge >= 0.3 is 0 Å². The van der Waals surface area contributed by atoms with E-state index in [0.717, 1.165) is 0 Å². The van der Waals surface area contributed by atoms with Crippen molar-refractivity contribution in [1.29, 1.82) is 0 Å². The zero-order valence-electron chi connectivity index (χ0n) is 13.6. The molecule has 2 unspecified atom stereocenters. The van der Waals surface area contributed by atoms with Gasteiger partial charge in [-0.15, -0.1) is 10.2 Å². The minimum absolute atomic E-state index is 0.0970. The molecule has 1 aliphatic heterocycles. The van der Waals surface area contributed by atoms with Gasteiger partial charge in [-0.3, -0.25) is 4.79 Å². The Hall–Kier alpha value is -2.06. The smallest absolute Gasteiger partial charge is 0.189 e. The van der Waals surface area contributed by atoms with Crippen molar-refractivity contribution in [3.05, 3.63) is 22.5 Å². The number of aryl methyl sites for hydroxylation is 1. The van der Waals surface area contributed by atoms with E-state index < -0.39 is 11.6 Å². The van der Waals surface area contributed by atoms with Crippen molar-refractivity contribution in [1.82, 2.24) is 10.2 Å². The van der Waals surface area contributed by atoms with Crippen LogP contribution in [0.15, 0.2) is 6.07 Å². The van der Waals surface area contributed by atoms with E-state index in [9.17, 15) is 14.3 Å². The second kappa shape index (κ2) is 6.45. The Kier molecular flexibility index (Phi) is 4.51. The number of nitrogens with zero attached hydrogens (tertiary/aromatic N) is 3. The summed E-state index contributed by atoms with van der Waals surface area (Å²) in [5.41, 5.74) is 0.460. The monoisotopic (exact) mass is 351 g/mol. The molecule has 8 heteroatoms. The number of rotatable bonds is 3. The lowest BCUT2D eigenvalue weighted by molar-refractivity contribution is -0.00545. The summed E-state index contributed by atoms with van der Waals surface area (Å²) in [6, 6.07) is 1.46. The van der Waals surface area contributed by atoms with Gasteiger partial charge in [0.2, 0.25) is 0 Å². The third kappa shape index (κ3) is 2.99. The van der Waals surface area contributed by atoms with Crippen LogP contribution in [0.5, 0.6) is 5.75 Å². The van der Waals surface area contributed by atoms with Crippen LogP contribution in [0.2, 0.25) is 0 Å². The Morgan fingerprint density at radius 3 is 2.58 bits per heavy atom. The quantitative estimate of drug-likeness (QED) is 0.857. The SMILES string of the molecule is Cc1nnc(-c2cc(C=O)c(N3CC(C)OC(C)C3)c(F)c2O)s1. The molecule has 0 amide bonds. The first kappa shape index (κ1) is 16.8. The molecule has 2 heterocycles. The second-order valence-corrected chi connectivity index (χ2v) is 7.11. The standard InChI is InChI=1S/C16H18FN3O3S/c1-8-5-20(6-9(2)23-8)14-11(7-21)4-12(15(22)13(14)17)16-19-18-10(3)24-16/h4,7-9,22H,5-6H2,1-3H3. The largest absolute Gasteiger partial charge is 0.504 e. The maximum Gasteiger partial charge on any atom is 0.189 e. The van der Waals surface area contributed by atoms with E-state index in [1.54, 1.807) is 11.8 Å². The normalized spacial score (nSPS) is 21.1. The molecule has 24 heavy (non-hydrogen) atoms. The number of hydrogen-bond acceptors (Lipinski definition) is 7. The van der Waals surface area contributed by atoms with E-state index in [1.165, 1.54) is 17.4 Å². The Labute approximate surface area is 142 Å². The van der Waals surface area contributed by atoms with Crippen molar-refractivity contribution in [2.45, 2.75) is 33.0 Å². The summed E-state index contributed by atoms with van der Waals surface area (Å²) in [5.74, 6) is -1.33. The molecular formula is C16H18FN3O3S. The molecule has 0 saturated carbocycles. The predicted octanol–water partition coefficient (Wildman–Crippen LogP) is 2.78. The van der Waals surface area contributed by atoms with E-state index in [2.05, 4.69) is 10.2 Å². The van der Waals surface area contributed by atoms with E-state index in [-0.39, 0.29) is 29.0 Å². The molecule has 6 nitrogen and oxygen atoms in total. The molecule has 0 aliphatic carbocycles. The van der Waals surface area contributed by atoms with E-state index in [4.69, 9.17) is 4.74 Å². The lowest BCUT2D eigenvalue weighted by Crippen LogP contribution is -2.46. The number of morpholine rings is 1. The number of aldehydes is 1. The van der Waals surface area contributed by atoms with Gasteiger partial charge in [0, 0.05) is 18.7 Å². The highest BCUT2D eigenvalue weighted by atomic mass is 32.1. The van der Waals surface area contributed by atoms with Crippen LogP contribution in [0.1, 0.15) is 29.2 Å². The van der Waals surface area contributed by atoms with Gasteiger partial charge in [0.1, 0.15) is 5.01 Å². The van der Waals surface area contributed by atoms with Gasteiger partial charge in [-0.25, -0.2) is 4.39 Å². The van der Waals surface area contributed by atoms with Crippen LogP contribution in [0.3, 0.4) is 0 Å². The second-order valence-electron chi connectivity index (χ2n) is 5.93. The van der Waals surface area contributed by atoms with Gasteiger partial charge in [0.25, 0.3) is 0 Å². The minimum atomic E-state index is -0.816. The highest BCUT2D eigenvalue weighted by molar-refractivity contribution is 7.14. The number of anilines is 1. The van der Waals surface area contributed by atoms with Gasteiger partial charge in [-0.2, -0.15) is 0 Å². The van der Waals surface area contributed by atoms with Crippen molar-refractivity contribution in [3.8, 4) is 16.3 Å². The number of hydrogen-bond donors (Lipinski definition) is 1. The van der Waals surface area contributed by atoms with Crippen molar-refractivity contribution in [2.75, 3.05) is 18.0 Å². The van der Waals surface area contributed by atoms with E-state index in [0.29, 0.717) is 29.4 Å². The Bertz CT molecular complexity index is 770. The summed E-state index contributed by atoms with van der Waals surface area (Å²) in [7, 11) is 0. The molecule has 0 radical (unpaired) electrons. The summed E-state index contributed by atoms with van der Waals surface area (Å²) < 4.78 is 20.6. The number of aromatic hydroxyl groups is 1. The fourth-order valence-corrected chi connectivity index (χ4v) is 3.70. The van der Waals surface area contributed by atoms with Crippen LogP contribution in [-0.2, 0) is 4.74 Å². The number of phenolic OH excluding ortho intramolecular Hbond substituents is 1. The molecule has 2 atom stereocenters. The van der Waals surface area contributed by atoms with Crippen LogP contribution in [0.25, 0.3) is 10.6 Å². The lowest BCUT2D eigenvalue weighted by Gasteiger charge is -2.37. The summed E-state index contributed by atoms with van der Waals surface area (Å²) in [6.45, 7) is 6.43. The number of carbonyl (C=O) groups is 1. The van der Waals surface area contributed by atoms with E-state index in [1.807, 2.05) is 13.8 Å². The summed E-state index contributed by atoms with van der Waals surface area (Å²) >= 11 is 1.23. The average molecular weight is 351 g/mol. The van der Waals surface area contributed by atoms with Crippen molar-refractivity contribution < 1.29 is 19.0 Å². The summed E-state index contributed by atoms with van der Waals surface area (Å²) in [4.78, 5) is 13.3. The molecule has 1 N–H and O–H groups in total. The Morgan fingerprint density at radius 1 is 1.38 bits per heavy atom. The average Bonchev–Trinajstić information content (AvgIpc) is 2.94. The van der Waals surface area contributed by atoms with Gasteiger partial charge in [0.15, 0.2) is 22.9 Å². The number of benzene rings is 1. The fourth-order valence-electron chi connectivity index (χ4n) is 2.99. The predicted molar refractivity (Wildman–Crippen MR) is 89.3 cm³/mol. The molecule has 1 saturated heterocycles. The van der Waals surface area contributed by atoms with Gasteiger partial charge in [0.05, 0.1) is 23.5 Å². The van der Waals surface area contributed by atoms with Gasteiger partial charge in [-0.05, 0) is 26.8 Å². The number of carbonyl (C=O) groups excluding carboxylic acids is 1. The summed E-state index contributed by atoms with van der Waals surface area (Å²) in [5, 5.41) is 19.2. The molecule has 2 aromatic rings. The third-order valence-corrected chi connectivity index (χ3v) is 4.74. The number of ether oxygens (including phenoxy) is 1. The van der Waals surface area contributed by atoms with Crippen molar-refractivity contribution in [2.24, 2.45) is 0 Å². The topological polar surface area (TPSA) is 75.6 Å². The number of halogens is 1. The van der Waals surface area contributed by atoms with Gasteiger partial charge in [-0.1, -0.05) is 11.3 Å². The number of phenols is 1. The maximum absolute atomic E-state index is 14.9. The zero-order chi connectivity index (χ0) is 17.4. The van der Waals surface area contributed by atoms with Crippen molar-refractivity contribution >= 4 is 23.3 Å². The molecule has 0 bridgehead atoms. The van der Waals surface area contributed by atoms with Crippen LogP contribution in [-0.4, -0.2) is 46.9 Å². The van der Waals surface area contributed by atoms with E-state index >= 15 is 0 Å². The molecule has 128 valence electrons. The lowest BCUT2D eigenvalue weighted by atomic mass is 10.0. The Balaban J connectivity index is 2.11. The van der Waals surface area contributed by atoms with Crippen LogP contribution < -0.4 is 4.90 Å². The molecule has 1 aromatic carbocycles. The first-order valence-electron chi connectivity index (χ1n) is 7.62. The third-order valence-electron chi connectivity index (χ3n) is 3.86. The molecular weight excluding hydrogens is 333 g/mol. The molecule has 1 aromatic heterocycles. The first-order valence-corrected chi connectivity index (χ1v) is 8.43. The highest BCUT2D eigenvalue weighted by Gasteiger charge is 2.29. The highest BCUT2D eigenvalue weighted by Crippen LogP contribution is 2.40. The van der Waals surface area contributed by atoms with Crippen LogP contribution >= 0.6 is 11.3 Å². The number of aromatic nitrogens is 2. The molecule has 3 rings (SSSR count). The molecule has 1 aliphatic rings. The fraction of sp³-hybridized carbons (Fsp3) is 0.438. The first-order chi connectivity index (χ1) is 11.4. The minimum Gasteiger partial charge on any atom is -0.504 e. The van der Waals surface area contributed by atoms with Crippen LogP contribution in [0.4, 0.5) is 10.1 Å². The maximum atomic E-state index is 14.9. The zero-order valence-corrected chi connectivity index (χ0v) is 14.4. The molecule has 1 fully saturated rings. The molecule has 0 spiro atoms.